The van der Waals surface area contributed by atoms with Crippen LogP contribution in [0.25, 0.3) is 5.69 Å². The van der Waals surface area contributed by atoms with Crippen LogP contribution in [0.4, 0.5) is 9.18 Å². The molecule has 1 aromatic carbocycles. The highest BCUT2D eigenvalue weighted by Gasteiger charge is 2.26. The van der Waals surface area contributed by atoms with E-state index in [9.17, 15) is 9.18 Å². The number of amides is 2. The number of aromatic nitrogens is 2. The van der Waals surface area contributed by atoms with Gasteiger partial charge in [-0.1, -0.05) is 18.9 Å². The van der Waals surface area contributed by atoms with Gasteiger partial charge in [0, 0.05) is 26.0 Å². The van der Waals surface area contributed by atoms with Crippen LogP contribution in [0.3, 0.4) is 0 Å². The van der Waals surface area contributed by atoms with Gasteiger partial charge in [0.2, 0.25) is 0 Å². The summed E-state index contributed by atoms with van der Waals surface area (Å²) < 4.78 is 21.3. The van der Waals surface area contributed by atoms with Gasteiger partial charge in [-0.3, -0.25) is 0 Å². The largest absolute Gasteiger partial charge is 0.379 e. The normalized spacial score (nSPS) is 20.2. The highest BCUT2D eigenvalue weighted by Crippen LogP contribution is 2.20. The fraction of sp³-hybridized carbons (Fsp3) is 0.444. The van der Waals surface area contributed by atoms with E-state index in [1.165, 1.54) is 6.07 Å². The predicted molar refractivity (Wildman–Crippen MR) is 91.9 cm³/mol. The number of halogens is 1. The number of hydrogen-bond acceptors (Lipinski definition) is 3. The van der Waals surface area contributed by atoms with Gasteiger partial charge in [-0.25, -0.2) is 14.2 Å². The van der Waals surface area contributed by atoms with Crippen LogP contribution in [0, 0.1) is 5.82 Å². The second kappa shape index (κ2) is 8.11. The van der Waals surface area contributed by atoms with Crippen LogP contribution in [0.2, 0.25) is 0 Å². The average molecular weight is 346 g/mol. The first-order valence-corrected chi connectivity index (χ1v) is 8.51. The number of hydrogen-bond donors (Lipinski definition) is 2. The number of benzene rings is 1. The van der Waals surface area contributed by atoms with Crippen molar-refractivity contribution >= 4 is 6.03 Å². The fourth-order valence-electron chi connectivity index (χ4n) is 3.22. The van der Waals surface area contributed by atoms with Crippen molar-refractivity contribution in [2.75, 3.05) is 7.11 Å². The molecule has 2 N–H and O–H groups in total. The molecular weight excluding hydrogens is 323 g/mol. The number of carbonyl (C=O) groups excluding carboxylic acids is 1. The zero-order valence-corrected chi connectivity index (χ0v) is 14.2. The van der Waals surface area contributed by atoms with E-state index < -0.39 is 0 Å². The number of ether oxygens (including phenoxy) is 1. The van der Waals surface area contributed by atoms with E-state index >= 15 is 0 Å². The molecule has 0 spiro atoms. The number of methoxy groups -OCH3 is 1. The zero-order valence-electron chi connectivity index (χ0n) is 14.2. The van der Waals surface area contributed by atoms with Gasteiger partial charge in [-0.05, 0) is 30.5 Å². The van der Waals surface area contributed by atoms with Crippen molar-refractivity contribution in [3.63, 3.8) is 0 Å². The van der Waals surface area contributed by atoms with Crippen molar-refractivity contribution in [2.24, 2.45) is 0 Å². The molecule has 1 aliphatic rings. The van der Waals surface area contributed by atoms with Crippen molar-refractivity contribution < 1.29 is 13.9 Å². The minimum Gasteiger partial charge on any atom is -0.379 e. The molecule has 0 radical (unpaired) electrons. The van der Waals surface area contributed by atoms with Crippen molar-refractivity contribution in [3.05, 3.63) is 48.3 Å². The van der Waals surface area contributed by atoms with E-state index in [0.717, 1.165) is 25.7 Å². The molecule has 3 rings (SSSR count). The molecule has 134 valence electrons. The first-order chi connectivity index (χ1) is 12.2. The minimum atomic E-state index is -0.357. The van der Waals surface area contributed by atoms with Gasteiger partial charge in [0.1, 0.15) is 5.82 Å². The van der Waals surface area contributed by atoms with Gasteiger partial charge in [0.25, 0.3) is 0 Å². The monoisotopic (exact) mass is 346 g/mol. The third-order valence-electron chi connectivity index (χ3n) is 4.57. The second-order valence-electron chi connectivity index (χ2n) is 6.25. The van der Waals surface area contributed by atoms with Crippen LogP contribution in [-0.4, -0.2) is 34.8 Å². The van der Waals surface area contributed by atoms with E-state index in [-0.39, 0.29) is 30.5 Å². The number of carbonyl (C=O) groups is 1. The van der Waals surface area contributed by atoms with E-state index in [1.54, 1.807) is 42.5 Å². The lowest BCUT2D eigenvalue weighted by Gasteiger charge is -2.31. The highest BCUT2D eigenvalue weighted by atomic mass is 19.1. The molecule has 0 saturated heterocycles. The van der Waals surface area contributed by atoms with Gasteiger partial charge in [-0.15, -0.1) is 0 Å². The molecule has 1 fully saturated rings. The third-order valence-corrected chi connectivity index (χ3v) is 4.57. The molecule has 1 heterocycles. The molecule has 1 aliphatic carbocycles. The molecule has 1 aromatic heterocycles. The number of urea groups is 1. The quantitative estimate of drug-likeness (QED) is 0.875. The summed E-state index contributed by atoms with van der Waals surface area (Å²) in [5, 5.41) is 5.74. The number of nitrogens with one attached hydrogen (secondary N) is 2. The Balaban J connectivity index is 1.54. The lowest BCUT2D eigenvalue weighted by atomic mass is 9.92. The minimum absolute atomic E-state index is 0.0269. The Hall–Kier alpha value is -2.41. The maximum absolute atomic E-state index is 14.2. The predicted octanol–water partition coefficient (Wildman–Crippen LogP) is 2.77. The second-order valence-corrected chi connectivity index (χ2v) is 6.25. The molecule has 1 saturated carbocycles. The summed E-state index contributed by atoms with van der Waals surface area (Å²) in [7, 11) is 1.67. The van der Waals surface area contributed by atoms with Gasteiger partial charge in [0.05, 0.1) is 24.2 Å². The van der Waals surface area contributed by atoms with Crippen LogP contribution < -0.4 is 10.6 Å². The smallest absolute Gasteiger partial charge is 0.315 e. The molecule has 6 nitrogen and oxygen atoms in total. The van der Waals surface area contributed by atoms with Crippen LogP contribution in [-0.2, 0) is 11.3 Å². The lowest BCUT2D eigenvalue weighted by molar-refractivity contribution is 0.0452. The van der Waals surface area contributed by atoms with Crippen LogP contribution >= 0.6 is 0 Å². The Bertz CT molecular complexity index is 705. The third kappa shape index (κ3) is 4.36. The summed E-state index contributed by atoms with van der Waals surface area (Å²) in [6, 6.07) is 4.66. The molecule has 0 bridgehead atoms. The Morgan fingerprint density at radius 3 is 2.96 bits per heavy atom. The molecule has 25 heavy (non-hydrogen) atoms. The Labute approximate surface area is 146 Å². The van der Waals surface area contributed by atoms with Gasteiger partial charge < -0.3 is 19.9 Å². The van der Waals surface area contributed by atoms with Crippen LogP contribution in [0.5, 0.6) is 0 Å². The summed E-state index contributed by atoms with van der Waals surface area (Å²) in [5.74, 6) is -0.357. The summed E-state index contributed by atoms with van der Waals surface area (Å²) in [5.41, 5.74) is 1.12. The Morgan fingerprint density at radius 2 is 2.24 bits per heavy atom. The molecule has 2 atom stereocenters. The Kier molecular flexibility index (Phi) is 5.65. The summed E-state index contributed by atoms with van der Waals surface area (Å²) >= 11 is 0. The molecular formula is C18H23FN4O2. The van der Waals surface area contributed by atoms with Crippen molar-refractivity contribution in [3.8, 4) is 5.69 Å². The van der Waals surface area contributed by atoms with E-state index in [0.29, 0.717) is 11.3 Å². The maximum atomic E-state index is 14.2. The van der Waals surface area contributed by atoms with Crippen molar-refractivity contribution in [1.29, 1.82) is 0 Å². The SMILES string of the molecule is CO[C@H]1CCCC[C@@H]1NC(=O)NCc1ccc(-n2ccnc2)c(F)c1. The molecule has 2 amide bonds. The van der Waals surface area contributed by atoms with Gasteiger partial charge in [0.15, 0.2) is 0 Å². The molecule has 2 aromatic rings. The van der Waals surface area contributed by atoms with E-state index in [1.807, 2.05) is 0 Å². The molecule has 0 aliphatic heterocycles. The summed E-state index contributed by atoms with van der Waals surface area (Å²) in [4.78, 5) is 16.0. The zero-order chi connectivity index (χ0) is 17.6. The van der Waals surface area contributed by atoms with Crippen molar-refractivity contribution in [2.45, 2.75) is 44.4 Å². The Morgan fingerprint density at radius 1 is 1.40 bits per heavy atom. The first-order valence-electron chi connectivity index (χ1n) is 8.51. The van der Waals surface area contributed by atoms with E-state index in [4.69, 9.17) is 4.74 Å². The number of imidazole rings is 1. The number of rotatable bonds is 5. The standard InChI is InChI=1S/C18H23FN4O2/c1-25-17-5-3-2-4-15(17)22-18(24)21-11-13-6-7-16(14(19)10-13)23-9-8-20-12-23/h6-10,12,15,17H,2-5,11H2,1H3,(H2,21,22,24)/t15-,17-/m0/s1. The average Bonchev–Trinajstić information content (AvgIpc) is 3.15. The highest BCUT2D eigenvalue weighted by molar-refractivity contribution is 5.74. The summed E-state index contributed by atoms with van der Waals surface area (Å²) in [6.07, 6.45) is 8.97. The molecule has 7 heteroatoms. The van der Waals surface area contributed by atoms with Crippen LogP contribution in [0.15, 0.2) is 36.9 Å². The van der Waals surface area contributed by atoms with E-state index in [2.05, 4.69) is 15.6 Å². The van der Waals surface area contributed by atoms with Gasteiger partial charge >= 0.3 is 6.03 Å². The first kappa shape index (κ1) is 17.4. The fourth-order valence-corrected chi connectivity index (χ4v) is 3.22. The number of nitrogens with zero attached hydrogens (tertiary/aromatic N) is 2. The van der Waals surface area contributed by atoms with Crippen LogP contribution in [0.1, 0.15) is 31.2 Å². The molecule has 0 unspecified atom stereocenters. The topological polar surface area (TPSA) is 68.2 Å². The van der Waals surface area contributed by atoms with Gasteiger partial charge in [-0.2, -0.15) is 0 Å². The maximum Gasteiger partial charge on any atom is 0.315 e. The lowest BCUT2D eigenvalue weighted by Crippen LogP contribution is -2.49. The summed E-state index contributed by atoms with van der Waals surface area (Å²) in [6.45, 7) is 0.261. The van der Waals surface area contributed by atoms with Crippen molar-refractivity contribution in [1.82, 2.24) is 20.2 Å².